The van der Waals surface area contributed by atoms with E-state index < -0.39 is 17.4 Å². The van der Waals surface area contributed by atoms with E-state index in [9.17, 15) is 19.7 Å². The molecule has 0 amide bonds. The number of rotatable bonds is 7. The number of hydrogen-bond donors (Lipinski definition) is 1. The van der Waals surface area contributed by atoms with Gasteiger partial charge in [0.2, 0.25) is 0 Å². The number of carbonyl (C=O) groups is 2. The monoisotopic (exact) mass is 414 g/mol. The first-order valence-corrected chi connectivity index (χ1v) is 8.28. The highest BCUT2D eigenvalue weighted by molar-refractivity contribution is 9.10. The van der Waals surface area contributed by atoms with Crippen LogP contribution in [0.4, 0.5) is 5.69 Å². The van der Waals surface area contributed by atoms with Crippen LogP contribution in [0.25, 0.3) is 11.4 Å². The fourth-order valence-corrected chi connectivity index (χ4v) is 3.08. The molecule has 0 saturated carbocycles. The van der Waals surface area contributed by atoms with Gasteiger partial charge in [-0.2, -0.15) is 0 Å². The molecule has 126 valence electrons. The van der Waals surface area contributed by atoms with Gasteiger partial charge < -0.3 is 5.11 Å². The quantitative estimate of drug-likeness (QED) is 0.415. The van der Waals surface area contributed by atoms with Crippen LogP contribution in [0.2, 0.25) is 0 Å². The number of non-ortho nitro benzene ring substituents is 1. The van der Waals surface area contributed by atoms with Crippen molar-refractivity contribution >= 4 is 45.1 Å². The van der Waals surface area contributed by atoms with Crippen molar-refractivity contribution < 1.29 is 19.6 Å². The Kier molecular flexibility index (Phi) is 5.67. The molecule has 0 bridgehead atoms. The fraction of sp³-hybridized carbons (Fsp3) is 0.231. The Balaban J connectivity index is 2.51. The minimum absolute atomic E-state index is 0.0930. The van der Waals surface area contributed by atoms with Crippen molar-refractivity contribution in [2.45, 2.75) is 18.6 Å². The summed E-state index contributed by atoms with van der Waals surface area (Å²) < 4.78 is 1.76. The molecule has 11 heteroatoms. The number of hydrogen-bond acceptors (Lipinski definition) is 7. The van der Waals surface area contributed by atoms with Crippen LogP contribution in [0.15, 0.2) is 27.8 Å². The maximum absolute atomic E-state index is 11.1. The first-order valence-electron chi connectivity index (χ1n) is 6.50. The smallest absolute Gasteiger partial charge is 0.323 e. The highest BCUT2D eigenvalue weighted by Gasteiger charge is 2.19. The Hall–Kier alpha value is -2.27. The second-order valence-electron chi connectivity index (χ2n) is 4.73. The zero-order valence-corrected chi connectivity index (χ0v) is 14.7. The second kappa shape index (κ2) is 7.53. The molecule has 0 aliphatic heterocycles. The topological polar surface area (TPSA) is 128 Å². The number of Topliss-reactive ketones (excluding diaryl/α,β-unsaturated/α-hetero) is 1. The van der Waals surface area contributed by atoms with Crippen LogP contribution in [0.5, 0.6) is 0 Å². The molecule has 9 nitrogen and oxygen atoms in total. The number of carbonyl (C=O) groups excluding carboxylic acids is 1. The molecule has 0 aliphatic carbocycles. The molecule has 1 aromatic carbocycles. The maximum Gasteiger partial charge on any atom is 0.323 e. The summed E-state index contributed by atoms with van der Waals surface area (Å²) in [6.45, 7) is 0.979. The molecule has 1 N–H and O–H groups in total. The van der Waals surface area contributed by atoms with Gasteiger partial charge in [-0.3, -0.25) is 24.3 Å². The molecular weight excluding hydrogens is 404 g/mol. The second-order valence-corrected chi connectivity index (χ2v) is 6.59. The summed E-state index contributed by atoms with van der Waals surface area (Å²) in [6.07, 6.45) is 0. The van der Waals surface area contributed by atoms with Crippen molar-refractivity contribution in [3.05, 3.63) is 32.8 Å². The van der Waals surface area contributed by atoms with E-state index in [1.54, 1.807) is 6.07 Å². The van der Waals surface area contributed by atoms with Gasteiger partial charge in [0.15, 0.2) is 11.0 Å². The zero-order valence-electron chi connectivity index (χ0n) is 12.3. The van der Waals surface area contributed by atoms with Crippen LogP contribution in [-0.4, -0.2) is 42.3 Å². The van der Waals surface area contributed by atoms with Gasteiger partial charge in [-0.05, 0) is 13.0 Å². The summed E-state index contributed by atoms with van der Waals surface area (Å²) in [4.78, 5) is 32.7. The summed E-state index contributed by atoms with van der Waals surface area (Å²) in [5.74, 6) is -0.918. The molecule has 0 radical (unpaired) electrons. The van der Waals surface area contributed by atoms with Crippen LogP contribution in [0.3, 0.4) is 0 Å². The lowest BCUT2D eigenvalue weighted by Gasteiger charge is -2.07. The van der Waals surface area contributed by atoms with E-state index in [2.05, 4.69) is 26.1 Å². The minimum Gasteiger partial charge on any atom is -0.480 e. The van der Waals surface area contributed by atoms with Gasteiger partial charge >= 0.3 is 5.97 Å². The molecule has 0 atom stereocenters. The van der Waals surface area contributed by atoms with E-state index in [1.165, 1.54) is 23.6 Å². The van der Waals surface area contributed by atoms with Gasteiger partial charge in [0.25, 0.3) is 5.69 Å². The van der Waals surface area contributed by atoms with Gasteiger partial charge in [0.1, 0.15) is 12.3 Å². The molecular formula is C13H11BrN4O5S. The van der Waals surface area contributed by atoms with Gasteiger partial charge in [0, 0.05) is 22.2 Å². The van der Waals surface area contributed by atoms with Gasteiger partial charge in [0.05, 0.1) is 10.7 Å². The van der Waals surface area contributed by atoms with Crippen LogP contribution in [0, 0.1) is 10.1 Å². The van der Waals surface area contributed by atoms with Gasteiger partial charge in [-0.1, -0.05) is 27.7 Å². The van der Waals surface area contributed by atoms with E-state index in [0.717, 1.165) is 11.8 Å². The molecule has 1 heterocycles. The number of aromatic nitrogens is 3. The number of halogens is 1. The SMILES string of the molecule is CC(=O)CSc1nnc(-c2cc(Br)cc([N+](=O)[O-])c2)n1CC(=O)O. The number of nitro benzene ring substituents is 1. The van der Waals surface area contributed by atoms with Crippen molar-refractivity contribution in [1.29, 1.82) is 0 Å². The Morgan fingerprint density at radius 3 is 2.67 bits per heavy atom. The van der Waals surface area contributed by atoms with Gasteiger partial charge in [-0.25, -0.2) is 0 Å². The predicted octanol–water partition coefficient (Wildman–Crippen LogP) is 2.38. The Labute approximate surface area is 148 Å². The Bertz CT molecular complexity index is 823. The lowest BCUT2D eigenvalue weighted by atomic mass is 10.2. The average Bonchev–Trinajstić information content (AvgIpc) is 2.86. The summed E-state index contributed by atoms with van der Waals surface area (Å²) >= 11 is 4.24. The van der Waals surface area contributed by atoms with Crippen molar-refractivity contribution in [3.8, 4) is 11.4 Å². The number of ketones is 1. The third-order valence-electron chi connectivity index (χ3n) is 2.77. The molecule has 0 unspecified atom stereocenters. The predicted molar refractivity (Wildman–Crippen MR) is 88.9 cm³/mol. The molecule has 2 aromatic rings. The molecule has 2 rings (SSSR count). The highest BCUT2D eigenvalue weighted by atomic mass is 79.9. The maximum atomic E-state index is 11.1. The average molecular weight is 415 g/mol. The number of nitrogens with zero attached hydrogens (tertiary/aromatic N) is 4. The summed E-state index contributed by atoms with van der Waals surface area (Å²) in [7, 11) is 0. The van der Waals surface area contributed by atoms with Crippen LogP contribution >= 0.6 is 27.7 Å². The fourth-order valence-electron chi connectivity index (χ4n) is 1.86. The lowest BCUT2D eigenvalue weighted by Crippen LogP contribution is -2.12. The molecule has 1 aromatic heterocycles. The molecule has 0 saturated heterocycles. The van der Waals surface area contributed by atoms with E-state index in [-0.39, 0.29) is 28.2 Å². The standard InChI is InChI=1S/C13H11BrN4O5S/c1-7(19)6-24-13-16-15-12(17(13)5-11(20)21)8-2-9(14)4-10(3-8)18(22)23/h2-4H,5-6H2,1H3,(H,20,21). The van der Waals surface area contributed by atoms with Crippen molar-refractivity contribution in [2.24, 2.45) is 0 Å². The van der Waals surface area contributed by atoms with E-state index in [1.807, 2.05) is 0 Å². The van der Waals surface area contributed by atoms with E-state index >= 15 is 0 Å². The number of benzene rings is 1. The largest absolute Gasteiger partial charge is 0.480 e. The molecule has 0 aliphatic rings. The van der Waals surface area contributed by atoms with Gasteiger partial charge in [-0.15, -0.1) is 10.2 Å². The first kappa shape index (κ1) is 18.1. The van der Waals surface area contributed by atoms with Crippen molar-refractivity contribution in [1.82, 2.24) is 14.8 Å². The first-order chi connectivity index (χ1) is 11.3. The van der Waals surface area contributed by atoms with Crippen molar-refractivity contribution in [3.63, 3.8) is 0 Å². The van der Waals surface area contributed by atoms with Crippen LogP contribution < -0.4 is 0 Å². The Morgan fingerprint density at radius 1 is 1.38 bits per heavy atom. The minimum atomic E-state index is -1.12. The summed E-state index contributed by atoms with van der Waals surface area (Å²) in [6, 6.07) is 4.19. The number of carboxylic acids is 1. The number of nitro groups is 1. The van der Waals surface area contributed by atoms with E-state index in [4.69, 9.17) is 5.11 Å². The third-order valence-corrected chi connectivity index (χ3v) is 4.34. The molecule has 0 fully saturated rings. The molecule has 0 spiro atoms. The van der Waals surface area contributed by atoms with Crippen LogP contribution in [-0.2, 0) is 16.1 Å². The van der Waals surface area contributed by atoms with Crippen LogP contribution in [0.1, 0.15) is 6.92 Å². The highest BCUT2D eigenvalue weighted by Crippen LogP contribution is 2.30. The zero-order chi connectivity index (χ0) is 17.9. The van der Waals surface area contributed by atoms with E-state index in [0.29, 0.717) is 10.0 Å². The van der Waals surface area contributed by atoms with Crippen molar-refractivity contribution in [2.75, 3.05) is 5.75 Å². The summed E-state index contributed by atoms with van der Waals surface area (Å²) in [5.41, 5.74) is 0.182. The summed E-state index contributed by atoms with van der Waals surface area (Å²) in [5, 5.41) is 28.2. The number of carboxylic acid groups (broad SMARTS) is 1. The normalized spacial score (nSPS) is 10.6. The lowest BCUT2D eigenvalue weighted by molar-refractivity contribution is -0.384. The number of thioether (sulfide) groups is 1. The number of aliphatic carboxylic acids is 1. The Morgan fingerprint density at radius 2 is 2.08 bits per heavy atom. The molecule has 24 heavy (non-hydrogen) atoms. The third kappa shape index (κ3) is 4.38.